The van der Waals surface area contributed by atoms with Crippen molar-refractivity contribution in [3.8, 4) is 0 Å². The van der Waals surface area contributed by atoms with Gasteiger partial charge in [0.1, 0.15) is 0 Å². The van der Waals surface area contributed by atoms with Crippen LogP contribution in [-0.4, -0.2) is 48.7 Å². The highest BCUT2D eigenvalue weighted by Crippen LogP contribution is 2.39. The lowest BCUT2D eigenvalue weighted by atomic mass is 9.89. The minimum atomic E-state index is 0.133. The highest BCUT2D eigenvalue weighted by molar-refractivity contribution is 5.78. The maximum Gasteiger partial charge on any atom is 0.236 e. The number of likely N-dealkylation sites (N-methyl/N-ethyl adjacent to an activating group) is 1. The Morgan fingerprint density at radius 2 is 2.00 bits per heavy atom. The Balaban J connectivity index is 1.78. The van der Waals surface area contributed by atoms with Gasteiger partial charge in [-0.2, -0.15) is 0 Å². The zero-order chi connectivity index (χ0) is 13.7. The molecule has 1 unspecified atom stereocenters. The lowest BCUT2D eigenvalue weighted by molar-refractivity contribution is -0.130. The molecule has 1 amide bonds. The van der Waals surface area contributed by atoms with Crippen molar-refractivity contribution >= 4 is 5.91 Å². The molecule has 1 aliphatic carbocycles. The maximum absolute atomic E-state index is 12.0. The molecule has 0 bridgehead atoms. The van der Waals surface area contributed by atoms with Gasteiger partial charge in [-0.3, -0.25) is 4.79 Å². The molecule has 1 saturated heterocycles. The van der Waals surface area contributed by atoms with Crippen molar-refractivity contribution in [2.45, 2.75) is 64.0 Å². The van der Waals surface area contributed by atoms with E-state index in [0.29, 0.717) is 12.6 Å². The third-order valence-electron chi connectivity index (χ3n) is 4.67. The van der Waals surface area contributed by atoms with Gasteiger partial charge in [-0.1, -0.05) is 12.8 Å². The summed E-state index contributed by atoms with van der Waals surface area (Å²) in [5, 5.41) is 3.45. The monoisotopic (exact) mass is 268 g/mol. The second kappa shape index (κ2) is 6.71. The van der Waals surface area contributed by atoms with Crippen LogP contribution in [0.1, 0.15) is 52.4 Å². The van der Waals surface area contributed by atoms with Crippen LogP contribution in [0.5, 0.6) is 0 Å². The Labute approximate surface area is 116 Å². The summed E-state index contributed by atoms with van der Waals surface area (Å²) in [6.07, 6.45) is 7.12. The predicted octanol–water partition coefficient (Wildman–Crippen LogP) is 1.94. The summed E-state index contributed by atoms with van der Waals surface area (Å²) in [5.74, 6) is 0.219. The molecule has 2 aliphatic rings. The van der Waals surface area contributed by atoms with Crippen LogP contribution in [0, 0.1) is 0 Å². The van der Waals surface area contributed by atoms with Crippen molar-refractivity contribution in [1.82, 2.24) is 10.2 Å². The summed E-state index contributed by atoms with van der Waals surface area (Å²) >= 11 is 0. The van der Waals surface area contributed by atoms with Gasteiger partial charge in [0.15, 0.2) is 0 Å². The van der Waals surface area contributed by atoms with Gasteiger partial charge < -0.3 is 15.0 Å². The fourth-order valence-electron chi connectivity index (χ4n) is 3.49. The second-order valence-electron chi connectivity index (χ2n) is 5.88. The van der Waals surface area contributed by atoms with Crippen LogP contribution in [0.3, 0.4) is 0 Å². The zero-order valence-electron chi connectivity index (χ0n) is 12.4. The molecule has 2 fully saturated rings. The minimum Gasteiger partial charge on any atom is -0.375 e. The molecule has 110 valence electrons. The van der Waals surface area contributed by atoms with Gasteiger partial charge in [0.25, 0.3) is 0 Å². The Morgan fingerprint density at radius 3 is 2.63 bits per heavy atom. The SMILES string of the molecule is CCN(CC)C(=O)CNC1CCOC2(CCCC2)C1. The molecule has 1 atom stereocenters. The molecule has 4 heteroatoms. The first kappa shape index (κ1) is 14.8. The molecule has 0 aromatic carbocycles. The fraction of sp³-hybridized carbons (Fsp3) is 0.933. The van der Waals surface area contributed by atoms with Gasteiger partial charge in [-0.15, -0.1) is 0 Å². The summed E-state index contributed by atoms with van der Waals surface area (Å²) in [7, 11) is 0. The number of rotatable bonds is 5. The smallest absolute Gasteiger partial charge is 0.236 e. The number of hydrogen-bond acceptors (Lipinski definition) is 3. The van der Waals surface area contributed by atoms with Crippen molar-refractivity contribution < 1.29 is 9.53 Å². The number of amides is 1. The number of nitrogens with one attached hydrogen (secondary N) is 1. The van der Waals surface area contributed by atoms with E-state index in [-0.39, 0.29) is 11.5 Å². The minimum absolute atomic E-state index is 0.133. The van der Waals surface area contributed by atoms with Gasteiger partial charge in [0.05, 0.1) is 12.1 Å². The molecule has 1 spiro atoms. The number of carbonyl (C=O) groups excluding carboxylic acids is 1. The Morgan fingerprint density at radius 1 is 1.32 bits per heavy atom. The summed E-state index contributed by atoms with van der Waals surface area (Å²) < 4.78 is 6.02. The molecule has 1 saturated carbocycles. The second-order valence-corrected chi connectivity index (χ2v) is 5.88. The lowest BCUT2D eigenvalue weighted by Crippen LogP contribution is -2.48. The van der Waals surface area contributed by atoms with Crippen LogP contribution >= 0.6 is 0 Å². The Kier molecular flexibility index (Phi) is 5.22. The summed E-state index contributed by atoms with van der Waals surface area (Å²) in [4.78, 5) is 13.9. The quantitative estimate of drug-likeness (QED) is 0.828. The van der Waals surface area contributed by atoms with Crippen LogP contribution in [0.2, 0.25) is 0 Å². The van der Waals surface area contributed by atoms with Crippen LogP contribution in [-0.2, 0) is 9.53 Å². The van der Waals surface area contributed by atoms with E-state index < -0.39 is 0 Å². The first-order valence-corrected chi connectivity index (χ1v) is 7.84. The van der Waals surface area contributed by atoms with E-state index in [1.54, 1.807) is 0 Å². The highest BCUT2D eigenvalue weighted by atomic mass is 16.5. The van der Waals surface area contributed by atoms with E-state index in [9.17, 15) is 4.79 Å². The molecule has 0 aromatic rings. The molecule has 19 heavy (non-hydrogen) atoms. The Hall–Kier alpha value is -0.610. The molecule has 2 rings (SSSR count). The fourth-order valence-corrected chi connectivity index (χ4v) is 3.49. The molecular weight excluding hydrogens is 240 g/mol. The number of hydrogen-bond donors (Lipinski definition) is 1. The third kappa shape index (κ3) is 3.69. The third-order valence-corrected chi connectivity index (χ3v) is 4.67. The molecule has 4 nitrogen and oxygen atoms in total. The van der Waals surface area contributed by atoms with Crippen molar-refractivity contribution in [1.29, 1.82) is 0 Å². The zero-order valence-corrected chi connectivity index (χ0v) is 12.4. The van der Waals surface area contributed by atoms with Crippen LogP contribution in [0.15, 0.2) is 0 Å². The first-order chi connectivity index (χ1) is 9.19. The standard InChI is InChI=1S/C15H28N2O2/c1-3-17(4-2)14(18)12-16-13-7-10-19-15(11-13)8-5-6-9-15/h13,16H,3-12H2,1-2H3. The van der Waals surface area contributed by atoms with E-state index >= 15 is 0 Å². The van der Waals surface area contributed by atoms with Crippen molar-refractivity contribution in [3.05, 3.63) is 0 Å². The largest absolute Gasteiger partial charge is 0.375 e. The molecule has 1 N–H and O–H groups in total. The summed E-state index contributed by atoms with van der Waals surface area (Å²) in [6.45, 7) is 6.98. The average Bonchev–Trinajstić information content (AvgIpc) is 2.86. The molecule has 0 radical (unpaired) electrons. The predicted molar refractivity (Wildman–Crippen MR) is 76.1 cm³/mol. The van der Waals surface area contributed by atoms with Crippen molar-refractivity contribution in [3.63, 3.8) is 0 Å². The van der Waals surface area contributed by atoms with Gasteiger partial charge in [-0.25, -0.2) is 0 Å². The van der Waals surface area contributed by atoms with Gasteiger partial charge >= 0.3 is 0 Å². The van der Waals surface area contributed by atoms with E-state index in [1.165, 1.54) is 25.7 Å². The molecule has 1 aliphatic heterocycles. The van der Waals surface area contributed by atoms with Crippen LogP contribution in [0.25, 0.3) is 0 Å². The summed E-state index contributed by atoms with van der Waals surface area (Å²) in [6, 6.07) is 0.450. The van der Waals surface area contributed by atoms with E-state index in [4.69, 9.17) is 4.74 Å². The van der Waals surface area contributed by atoms with Crippen molar-refractivity contribution in [2.75, 3.05) is 26.2 Å². The number of ether oxygens (including phenoxy) is 1. The van der Waals surface area contributed by atoms with Gasteiger partial charge in [0, 0.05) is 25.7 Å². The molecule has 0 aromatic heterocycles. The maximum atomic E-state index is 12.0. The number of carbonyl (C=O) groups is 1. The van der Waals surface area contributed by atoms with E-state index in [0.717, 1.165) is 32.5 Å². The summed E-state index contributed by atoms with van der Waals surface area (Å²) in [5.41, 5.74) is 0.133. The Bertz CT molecular complexity index is 297. The van der Waals surface area contributed by atoms with E-state index in [1.807, 2.05) is 18.7 Å². The molecule has 1 heterocycles. The van der Waals surface area contributed by atoms with Crippen molar-refractivity contribution in [2.24, 2.45) is 0 Å². The van der Waals surface area contributed by atoms with Crippen LogP contribution < -0.4 is 5.32 Å². The molecular formula is C15H28N2O2. The topological polar surface area (TPSA) is 41.6 Å². The van der Waals surface area contributed by atoms with Crippen LogP contribution in [0.4, 0.5) is 0 Å². The van der Waals surface area contributed by atoms with Gasteiger partial charge in [0.2, 0.25) is 5.91 Å². The first-order valence-electron chi connectivity index (χ1n) is 7.84. The lowest BCUT2D eigenvalue weighted by Gasteiger charge is -2.38. The van der Waals surface area contributed by atoms with Gasteiger partial charge in [-0.05, 0) is 39.5 Å². The average molecular weight is 268 g/mol. The highest BCUT2D eigenvalue weighted by Gasteiger charge is 2.39. The normalized spacial score (nSPS) is 25.7. The van der Waals surface area contributed by atoms with E-state index in [2.05, 4.69) is 5.32 Å². The number of nitrogens with zero attached hydrogens (tertiary/aromatic N) is 1.